The highest BCUT2D eigenvalue weighted by Crippen LogP contribution is 2.41. The Kier molecular flexibility index (Phi) is 4.54. The van der Waals surface area contributed by atoms with Gasteiger partial charge in [-0.25, -0.2) is 19.0 Å². The summed E-state index contributed by atoms with van der Waals surface area (Å²) in [7, 11) is 0. The maximum atomic E-state index is 13.4. The van der Waals surface area contributed by atoms with Crippen molar-refractivity contribution in [3.8, 4) is 22.5 Å². The zero-order valence-corrected chi connectivity index (χ0v) is 17.4. The molecular formula is C23H19FN6S. The van der Waals surface area contributed by atoms with Crippen LogP contribution in [0.3, 0.4) is 0 Å². The van der Waals surface area contributed by atoms with Crippen molar-refractivity contribution in [1.82, 2.24) is 30.0 Å². The van der Waals surface area contributed by atoms with Gasteiger partial charge in [0.25, 0.3) is 0 Å². The van der Waals surface area contributed by atoms with Gasteiger partial charge in [-0.15, -0.1) is 5.10 Å². The Balaban J connectivity index is 1.41. The van der Waals surface area contributed by atoms with Crippen molar-refractivity contribution >= 4 is 11.8 Å². The van der Waals surface area contributed by atoms with Crippen molar-refractivity contribution in [3.05, 3.63) is 72.4 Å². The van der Waals surface area contributed by atoms with E-state index in [-0.39, 0.29) is 12.0 Å². The third-order valence-corrected chi connectivity index (χ3v) is 6.60. The lowest BCUT2D eigenvalue weighted by Crippen LogP contribution is -2.33. The van der Waals surface area contributed by atoms with E-state index in [1.165, 1.54) is 36.7 Å². The summed E-state index contributed by atoms with van der Waals surface area (Å²) >= 11 is 1.52. The SMILES string of the molecule is Fc1ccc(-c2cnc3c(c2)[C@@H](NCC2CC2)n2nc(-c4cccnc4)nc2S3)cc1. The molecule has 1 aliphatic heterocycles. The Morgan fingerprint density at radius 1 is 1.06 bits per heavy atom. The molecule has 0 bridgehead atoms. The van der Waals surface area contributed by atoms with Gasteiger partial charge < -0.3 is 0 Å². The van der Waals surface area contributed by atoms with Gasteiger partial charge in [-0.1, -0.05) is 12.1 Å². The maximum absolute atomic E-state index is 13.4. The summed E-state index contributed by atoms with van der Waals surface area (Å²) < 4.78 is 15.3. The first-order valence-electron chi connectivity index (χ1n) is 10.3. The molecule has 2 aliphatic rings. The highest BCUT2D eigenvalue weighted by molar-refractivity contribution is 7.99. The van der Waals surface area contributed by atoms with Gasteiger partial charge in [0.15, 0.2) is 11.0 Å². The van der Waals surface area contributed by atoms with Crippen LogP contribution in [-0.4, -0.2) is 31.3 Å². The summed E-state index contributed by atoms with van der Waals surface area (Å²) in [5.74, 6) is 1.13. The van der Waals surface area contributed by atoms with E-state index in [2.05, 4.69) is 16.4 Å². The van der Waals surface area contributed by atoms with Crippen LogP contribution in [0.2, 0.25) is 0 Å². The second-order valence-electron chi connectivity index (χ2n) is 7.89. The third kappa shape index (κ3) is 3.62. The summed E-state index contributed by atoms with van der Waals surface area (Å²) in [5, 5.41) is 10.2. The molecule has 6 nitrogen and oxygen atoms in total. The van der Waals surface area contributed by atoms with E-state index in [0.29, 0.717) is 5.82 Å². The number of hydrogen-bond acceptors (Lipinski definition) is 6. The number of fused-ring (bicyclic) bond motifs is 2. The molecule has 1 N–H and O–H groups in total. The fourth-order valence-electron chi connectivity index (χ4n) is 3.73. The zero-order chi connectivity index (χ0) is 20.8. The van der Waals surface area contributed by atoms with E-state index in [1.807, 2.05) is 23.0 Å². The molecule has 1 saturated carbocycles. The minimum absolute atomic E-state index is 0.155. The monoisotopic (exact) mass is 430 g/mol. The van der Waals surface area contributed by atoms with Gasteiger partial charge in [0.2, 0.25) is 0 Å². The molecule has 1 aliphatic carbocycles. The zero-order valence-electron chi connectivity index (χ0n) is 16.6. The first kappa shape index (κ1) is 18.7. The highest BCUT2D eigenvalue weighted by atomic mass is 32.2. The van der Waals surface area contributed by atoms with Crippen LogP contribution in [0.25, 0.3) is 22.5 Å². The highest BCUT2D eigenvalue weighted by Gasteiger charge is 2.32. The molecule has 0 unspecified atom stereocenters. The van der Waals surface area contributed by atoms with Gasteiger partial charge in [-0.2, -0.15) is 0 Å². The van der Waals surface area contributed by atoms with Crippen molar-refractivity contribution in [1.29, 1.82) is 0 Å². The van der Waals surface area contributed by atoms with Crippen molar-refractivity contribution < 1.29 is 4.39 Å². The average Bonchev–Trinajstić information content (AvgIpc) is 3.54. The Bertz CT molecular complexity index is 1240. The lowest BCUT2D eigenvalue weighted by atomic mass is 10.0. The summed E-state index contributed by atoms with van der Waals surface area (Å²) in [4.78, 5) is 13.7. The molecule has 1 fully saturated rings. The van der Waals surface area contributed by atoms with E-state index in [9.17, 15) is 4.39 Å². The van der Waals surface area contributed by atoms with Crippen LogP contribution in [0.1, 0.15) is 24.6 Å². The Hall–Kier alpha value is -3.10. The minimum atomic E-state index is -0.246. The van der Waals surface area contributed by atoms with E-state index < -0.39 is 0 Å². The molecular weight excluding hydrogens is 411 g/mol. The number of nitrogens with one attached hydrogen (secondary N) is 1. The molecule has 0 spiro atoms. The molecule has 0 radical (unpaired) electrons. The molecule has 1 atom stereocenters. The predicted octanol–water partition coefficient (Wildman–Crippen LogP) is 4.55. The molecule has 154 valence electrons. The second kappa shape index (κ2) is 7.55. The lowest BCUT2D eigenvalue weighted by Gasteiger charge is -2.26. The van der Waals surface area contributed by atoms with Crippen LogP contribution in [0.15, 0.2) is 71.2 Å². The molecule has 4 heterocycles. The topological polar surface area (TPSA) is 68.5 Å². The Labute approximate surface area is 183 Å². The molecule has 4 aromatic rings. The molecule has 3 aromatic heterocycles. The van der Waals surface area contributed by atoms with Gasteiger partial charge in [0.05, 0.1) is 0 Å². The van der Waals surface area contributed by atoms with Crippen molar-refractivity contribution in [2.45, 2.75) is 29.2 Å². The van der Waals surface area contributed by atoms with E-state index in [1.54, 1.807) is 24.5 Å². The van der Waals surface area contributed by atoms with Crippen LogP contribution >= 0.6 is 11.8 Å². The van der Waals surface area contributed by atoms with Gasteiger partial charge in [-0.05, 0) is 66.4 Å². The number of halogens is 1. The largest absolute Gasteiger partial charge is 0.291 e. The molecule has 6 rings (SSSR count). The van der Waals surface area contributed by atoms with Crippen LogP contribution in [-0.2, 0) is 0 Å². The van der Waals surface area contributed by atoms with Gasteiger partial charge in [0.1, 0.15) is 17.0 Å². The van der Waals surface area contributed by atoms with Gasteiger partial charge in [-0.3, -0.25) is 10.3 Å². The number of aromatic nitrogens is 5. The summed E-state index contributed by atoms with van der Waals surface area (Å²) in [6.45, 7) is 0.928. The quantitative estimate of drug-likeness (QED) is 0.501. The fourth-order valence-corrected chi connectivity index (χ4v) is 4.67. The number of rotatable bonds is 5. The predicted molar refractivity (Wildman–Crippen MR) is 116 cm³/mol. The summed E-state index contributed by atoms with van der Waals surface area (Å²) in [5.41, 5.74) is 3.83. The van der Waals surface area contributed by atoms with Crippen molar-refractivity contribution in [3.63, 3.8) is 0 Å². The third-order valence-electron chi connectivity index (χ3n) is 5.60. The van der Waals surface area contributed by atoms with Crippen LogP contribution in [0.4, 0.5) is 4.39 Å². The number of nitrogens with zero attached hydrogens (tertiary/aromatic N) is 5. The normalized spacial score (nSPS) is 17.3. The molecule has 8 heteroatoms. The Morgan fingerprint density at radius 3 is 2.71 bits per heavy atom. The first-order chi connectivity index (χ1) is 15.2. The van der Waals surface area contributed by atoms with E-state index in [0.717, 1.165) is 44.9 Å². The molecule has 31 heavy (non-hydrogen) atoms. The number of hydrogen-bond donors (Lipinski definition) is 1. The second-order valence-corrected chi connectivity index (χ2v) is 8.84. The number of benzene rings is 1. The smallest absolute Gasteiger partial charge is 0.194 e. The van der Waals surface area contributed by atoms with Crippen LogP contribution in [0.5, 0.6) is 0 Å². The lowest BCUT2D eigenvalue weighted by molar-refractivity contribution is 0.381. The first-order valence-corrected chi connectivity index (χ1v) is 11.1. The number of pyridine rings is 2. The van der Waals surface area contributed by atoms with E-state index >= 15 is 0 Å². The van der Waals surface area contributed by atoms with Crippen molar-refractivity contribution in [2.24, 2.45) is 5.92 Å². The van der Waals surface area contributed by atoms with E-state index in [4.69, 9.17) is 15.1 Å². The van der Waals surface area contributed by atoms with Gasteiger partial charge >= 0.3 is 0 Å². The standard InChI is InChI=1S/C23H19FN6S/c24-18-7-5-15(6-8-18)17-10-19-21(26-11-14-3-4-14)30-23(31-22(19)27-13-17)28-20(29-30)16-2-1-9-25-12-16/h1-2,5-10,12-14,21,26H,3-4,11H2/t21-/m0/s1. The van der Waals surface area contributed by atoms with Crippen LogP contribution < -0.4 is 5.32 Å². The Morgan fingerprint density at radius 2 is 1.94 bits per heavy atom. The summed E-state index contributed by atoms with van der Waals surface area (Å²) in [6.07, 6.45) is 7.73. The maximum Gasteiger partial charge on any atom is 0.194 e. The average molecular weight is 431 g/mol. The van der Waals surface area contributed by atoms with Gasteiger partial charge in [0, 0.05) is 41.8 Å². The fraction of sp³-hybridized carbons (Fsp3) is 0.217. The van der Waals surface area contributed by atoms with Crippen LogP contribution in [0, 0.1) is 11.7 Å². The molecule has 1 aromatic carbocycles. The summed E-state index contributed by atoms with van der Waals surface area (Å²) in [6, 6.07) is 12.5. The van der Waals surface area contributed by atoms with Crippen molar-refractivity contribution in [2.75, 3.05) is 6.54 Å². The molecule has 0 amide bonds. The minimum Gasteiger partial charge on any atom is -0.291 e. The molecule has 0 saturated heterocycles.